The van der Waals surface area contributed by atoms with Crippen LogP contribution in [0.1, 0.15) is 0 Å². The van der Waals surface area contributed by atoms with Crippen LogP contribution >= 0.6 is 0 Å². The molecule has 0 unspecified atom stereocenters. The summed E-state index contributed by atoms with van der Waals surface area (Å²) >= 11 is 0. The zero-order valence-corrected chi connectivity index (χ0v) is 17.6. The first-order valence-electron chi connectivity index (χ1n) is 2.61. The molecule has 0 aliphatic heterocycles. The first-order valence-corrected chi connectivity index (χ1v) is 7.82. The quantitative estimate of drug-likeness (QED) is 0.182. The van der Waals surface area contributed by atoms with Gasteiger partial charge in [-0.1, -0.05) is 0 Å². The molecule has 0 saturated carbocycles. The van der Waals surface area contributed by atoms with Crippen molar-refractivity contribution in [2.45, 2.75) is 0 Å². The predicted octanol–water partition coefficient (Wildman–Crippen LogP) is -7.60. The molecule has 0 bridgehead atoms. The summed E-state index contributed by atoms with van der Waals surface area (Å²) in [6.45, 7) is 0. The van der Waals surface area contributed by atoms with Crippen LogP contribution < -0.4 is 0 Å². The van der Waals surface area contributed by atoms with E-state index < -0.39 is 36.7 Å². The molecule has 0 atom stereocenters. The average molecular weight is 385 g/mol. The first-order chi connectivity index (χ1) is 6.93. The molecule has 0 aliphatic carbocycles. The van der Waals surface area contributed by atoms with Crippen LogP contribution in [0.4, 0.5) is 0 Å². The van der Waals surface area contributed by atoms with E-state index in [1.54, 1.807) is 0 Å². The van der Waals surface area contributed by atoms with E-state index >= 15 is 0 Å². The third-order valence-electron chi connectivity index (χ3n) is 0. The van der Waals surface area contributed by atoms with E-state index in [1.807, 2.05) is 0 Å². The van der Waals surface area contributed by atoms with Gasteiger partial charge >= 0.3 is 106 Å². The Hall–Kier alpha value is 0.766. The van der Waals surface area contributed by atoms with E-state index in [1.165, 1.54) is 0 Å². The van der Waals surface area contributed by atoms with Crippen molar-refractivity contribution in [3.63, 3.8) is 0 Å². The predicted molar refractivity (Wildman–Crippen MR) is 60.8 cm³/mol. The van der Waals surface area contributed by atoms with Gasteiger partial charge in [-0.25, -0.2) is 0 Å². The molecular weight excluding hydrogens is 377 g/mol. The van der Waals surface area contributed by atoms with E-state index in [0.717, 1.165) is 0 Å². The van der Waals surface area contributed by atoms with Crippen LogP contribution in [0.2, 0.25) is 0 Å². The van der Waals surface area contributed by atoms with E-state index in [4.69, 9.17) is 56.2 Å². The van der Waals surface area contributed by atoms with Crippen LogP contribution in [0.3, 0.4) is 0 Å². The van der Waals surface area contributed by atoms with Gasteiger partial charge < -0.3 is 38.4 Å². The van der Waals surface area contributed by atoms with Crippen molar-refractivity contribution in [1.82, 2.24) is 0 Å². The van der Waals surface area contributed by atoms with Crippen molar-refractivity contribution >= 4 is 106 Å². The molecule has 12 nitrogen and oxygen atoms in total. The molecule has 0 amide bonds. The molecule has 0 saturated heterocycles. The summed E-state index contributed by atoms with van der Waals surface area (Å²) in [5.41, 5.74) is 0. The summed E-state index contributed by atoms with van der Waals surface area (Å²) in [5.74, 6) is 0. The fraction of sp³-hybridized carbons (Fsp3) is 0. The molecule has 0 radical (unpaired) electrons. The molecule has 0 rings (SSSR count). The third kappa shape index (κ3) is 8990. The van der Waals surface area contributed by atoms with Crippen molar-refractivity contribution in [2.24, 2.45) is 0 Å². The summed E-state index contributed by atoms with van der Waals surface area (Å²) in [6.07, 6.45) is 0. The SMILES string of the molecule is O=[Si](O)O.O=[Si](O)O.O=[Si](O)O.O=[Si](O)O.[Mg+2].[Mg+2].[Mg+2]. The van der Waals surface area contributed by atoms with Gasteiger partial charge in [0.1, 0.15) is 0 Å². The van der Waals surface area contributed by atoms with Gasteiger partial charge in [-0.15, -0.1) is 0 Å². The Morgan fingerprint density at radius 3 is 0.368 bits per heavy atom. The van der Waals surface area contributed by atoms with Gasteiger partial charge in [0.25, 0.3) is 0 Å². The normalized spacial score (nSPS) is 5.05. The van der Waals surface area contributed by atoms with Gasteiger partial charge in [0.05, 0.1) is 0 Å². The summed E-state index contributed by atoms with van der Waals surface area (Å²) in [7, 11) is -12.5. The minimum absolute atomic E-state index is 0. The molecule has 8 N–H and O–H groups in total. The maximum atomic E-state index is 8.74. The van der Waals surface area contributed by atoms with Crippen LogP contribution in [-0.4, -0.2) is 144 Å². The van der Waals surface area contributed by atoms with Crippen molar-refractivity contribution < 1.29 is 56.2 Å². The van der Waals surface area contributed by atoms with Gasteiger partial charge in [-0.05, 0) is 0 Å². The zero-order valence-electron chi connectivity index (χ0n) is 9.33. The number of rotatable bonds is 0. The van der Waals surface area contributed by atoms with Crippen LogP contribution in [0.15, 0.2) is 0 Å². The van der Waals surface area contributed by atoms with Crippen LogP contribution in [0, 0.1) is 0 Å². The van der Waals surface area contributed by atoms with E-state index in [9.17, 15) is 0 Å². The zero-order chi connectivity index (χ0) is 14.3. The molecule has 0 aromatic carbocycles. The third-order valence-corrected chi connectivity index (χ3v) is 0. The Kier molecular flexibility index (Phi) is 81.7. The van der Waals surface area contributed by atoms with Crippen LogP contribution in [0.5, 0.6) is 0 Å². The molecule has 96 valence electrons. The van der Waals surface area contributed by atoms with E-state index in [0.29, 0.717) is 0 Å². The van der Waals surface area contributed by atoms with Gasteiger partial charge in [-0.2, -0.15) is 0 Å². The summed E-state index contributed by atoms with van der Waals surface area (Å²) < 4.78 is 35.0. The molecule has 0 heterocycles. The average Bonchev–Trinajstić information content (AvgIpc) is 1.76. The Morgan fingerprint density at radius 2 is 0.368 bits per heavy atom. The van der Waals surface area contributed by atoms with E-state index in [2.05, 4.69) is 0 Å². The minimum atomic E-state index is -3.13. The fourth-order valence-electron chi connectivity index (χ4n) is 0. The Bertz CT molecular complexity index is 165. The molecule has 0 aromatic rings. The first kappa shape index (κ1) is 42.7. The van der Waals surface area contributed by atoms with Crippen LogP contribution in [0.25, 0.3) is 0 Å². The van der Waals surface area contributed by atoms with E-state index in [-0.39, 0.29) is 69.2 Å². The molecule has 19 heavy (non-hydrogen) atoms. The molecule has 0 aromatic heterocycles. The van der Waals surface area contributed by atoms with Gasteiger partial charge in [0, 0.05) is 0 Å². The molecule has 0 aliphatic rings. The fourth-order valence-corrected chi connectivity index (χ4v) is 0. The Balaban J connectivity index is -0.0000000192. The smallest absolute Gasteiger partial charge is 0.511 e. The van der Waals surface area contributed by atoms with Gasteiger partial charge in [0.15, 0.2) is 0 Å². The summed E-state index contributed by atoms with van der Waals surface area (Å²) in [4.78, 5) is 57.3. The second-order valence-corrected chi connectivity index (χ2v) is 3.39. The topological polar surface area (TPSA) is 230 Å². The molecule has 0 spiro atoms. The van der Waals surface area contributed by atoms with Crippen LogP contribution in [-0.2, 0) is 17.8 Å². The van der Waals surface area contributed by atoms with Crippen molar-refractivity contribution in [3.05, 3.63) is 0 Å². The second-order valence-electron chi connectivity index (χ2n) is 1.13. The van der Waals surface area contributed by atoms with Crippen molar-refractivity contribution in [1.29, 1.82) is 0 Å². The molecular formula is H8Mg3O12Si4+6. The van der Waals surface area contributed by atoms with Gasteiger partial charge in [-0.3, -0.25) is 17.8 Å². The summed E-state index contributed by atoms with van der Waals surface area (Å²) in [6, 6.07) is 0. The molecule has 0 fully saturated rings. The summed E-state index contributed by atoms with van der Waals surface area (Å²) in [5, 5.41) is 0. The minimum Gasteiger partial charge on any atom is -0.511 e. The number of hydrogen-bond donors (Lipinski definition) is 8. The monoisotopic (exact) mass is 384 g/mol. The van der Waals surface area contributed by atoms with Crippen molar-refractivity contribution in [2.75, 3.05) is 0 Å². The standard InChI is InChI=1S/3Mg.4H2O3Si/c;;;4*1-4(2)3/h;;;4*1-2H/q3*+2;;;;. The Labute approximate surface area is 160 Å². The molecule has 19 heteroatoms. The second kappa shape index (κ2) is 36.3. The number of hydrogen-bond acceptors (Lipinski definition) is 4. The Morgan fingerprint density at radius 1 is 0.368 bits per heavy atom. The van der Waals surface area contributed by atoms with Gasteiger partial charge in [0.2, 0.25) is 0 Å². The van der Waals surface area contributed by atoms with Crippen molar-refractivity contribution in [3.8, 4) is 0 Å². The largest absolute Gasteiger partial charge is 2.00 e. The maximum Gasteiger partial charge on any atom is 2.00 e. The maximum absolute atomic E-state index is 8.74.